The van der Waals surface area contributed by atoms with Crippen molar-refractivity contribution in [1.29, 1.82) is 0 Å². The topological polar surface area (TPSA) is 80.9 Å². The average molecular weight is 321 g/mol. The molecule has 0 aliphatic heterocycles. The van der Waals surface area contributed by atoms with Crippen molar-refractivity contribution in [1.82, 2.24) is 9.97 Å². The van der Waals surface area contributed by atoms with Gasteiger partial charge in [0.25, 0.3) is 5.91 Å². The second kappa shape index (κ2) is 5.36. The summed E-state index contributed by atoms with van der Waals surface area (Å²) in [6.45, 7) is 3.93. The lowest BCUT2D eigenvalue weighted by atomic mass is 10.1. The number of carbonyl (C=O) groups excluding carboxylic acids is 1. The van der Waals surface area contributed by atoms with Gasteiger partial charge in [-0.25, -0.2) is 9.97 Å². The third kappa shape index (κ3) is 3.08. The number of aryl methyl sites for hydroxylation is 2. The van der Waals surface area contributed by atoms with Crippen molar-refractivity contribution in [3.05, 3.63) is 45.8 Å². The molecule has 1 aromatic heterocycles. The van der Waals surface area contributed by atoms with E-state index in [-0.39, 0.29) is 17.4 Å². The number of halogens is 1. The minimum atomic E-state index is -0.319. The zero-order valence-corrected chi connectivity index (χ0v) is 12.2. The van der Waals surface area contributed by atoms with Crippen LogP contribution in [0.15, 0.2) is 29.0 Å². The van der Waals surface area contributed by atoms with Gasteiger partial charge in [0.05, 0.1) is 18.1 Å². The summed E-state index contributed by atoms with van der Waals surface area (Å²) in [6, 6.07) is 3.94. The molecule has 98 valence electrons. The second-order valence-electron chi connectivity index (χ2n) is 4.22. The van der Waals surface area contributed by atoms with Crippen LogP contribution in [0.3, 0.4) is 0 Å². The molecular formula is C13H13BrN4O. The molecule has 1 heterocycles. The van der Waals surface area contributed by atoms with E-state index in [0.717, 1.165) is 21.3 Å². The van der Waals surface area contributed by atoms with E-state index in [4.69, 9.17) is 5.73 Å². The Bertz CT molecular complexity index is 602. The molecule has 0 spiro atoms. The molecule has 0 bridgehead atoms. The van der Waals surface area contributed by atoms with E-state index in [1.165, 1.54) is 12.4 Å². The summed E-state index contributed by atoms with van der Waals surface area (Å²) in [7, 11) is 0. The Morgan fingerprint density at radius 3 is 2.58 bits per heavy atom. The summed E-state index contributed by atoms with van der Waals surface area (Å²) in [5, 5.41) is 2.81. The molecule has 1 amide bonds. The number of nitrogens with one attached hydrogen (secondary N) is 1. The Balaban J connectivity index is 2.26. The van der Waals surface area contributed by atoms with Gasteiger partial charge in [0.2, 0.25) is 0 Å². The van der Waals surface area contributed by atoms with Crippen LogP contribution >= 0.6 is 15.9 Å². The van der Waals surface area contributed by atoms with Gasteiger partial charge in [0.15, 0.2) is 0 Å². The van der Waals surface area contributed by atoms with Crippen molar-refractivity contribution in [2.75, 3.05) is 11.1 Å². The number of carbonyl (C=O) groups is 1. The van der Waals surface area contributed by atoms with Crippen LogP contribution in [0, 0.1) is 13.8 Å². The van der Waals surface area contributed by atoms with E-state index in [2.05, 4.69) is 31.2 Å². The summed E-state index contributed by atoms with van der Waals surface area (Å²) in [5.74, 6) is -0.0376. The van der Waals surface area contributed by atoms with E-state index in [0.29, 0.717) is 0 Å². The van der Waals surface area contributed by atoms with E-state index in [1.54, 1.807) is 0 Å². The number of hydrogen-bond donors (Lipinski definition) is 2. The number of rotatable bonds is 2. The van der Waals surface area contributed by atoms with Gasteiger partial charge < -0.3 is 11.1 Å². The van der Waals surface area contributed by atoms with Crippen LogP contribution in [0.2, 0.25) is 0 Å². The molecule has 0 fully saturated rings. The maximum atomic E-state index is 12.0. The SMILES string of the molecule is Cc1cc(C)c(NC(=O)c2cnc(N)cn2)c(Br)c1. The first-order valence-electron chi connectivity index (χ1n) is 5.63. The number of aromatic nitrogens is 2. The summed E-state index contributed by atoms with van der Waals surface area (Å²) >= 11 is 3.44. The highest BCUT2D eigenvalue weighted by Crippen LogP contribution is 2.28. The fraction of sp³-hybridized carbons (Fsp3) is 0.154. The van der Waals surface area contributed by atoms with E-state index in [9.17, 15) is 4.79 Å². The molecule has 0 saturated carbocycles. The predicted octanol–water partition coefficient (Wildman–Crippen LogP) is 2.69. The number of nitrogens with zero attached hydrogens (tertiary/aromatic N) is 2. The Hall–Kier alpha value is -1.95. The van der Waals surface area contributed by atoms with Crippen molar-refractivity contribution in [2.45, 2.75) is 13.8 Å². The molecule has 0 atom stereocenters. The van der Waals surface area contributed by atoms with Crippen LogP contribution < -0.4 is 11.1 Å². The Labute approximate surface area is 119 Å². The Morgan fingerprint density at radius 1 is 1.26 bits per heavy atom. The van der Waals surface area contributed by atoms with Crippen LogP contribution in [-0.4, -0.2) is 15.9 Å². The summed E-state index contributed by atoms with van der Waals surface area (Å²) in [4.78, 5) is 19.8. The van der Waals surface area contributed by atoms with Gasteiger partial charge in [0, 0.05) is 4.47 Å². The number of hydrogen-bond acceptors (Lipinski definition) is 4. The molecular weight excluding hydrogens is 308 g/mol. The van der Waals surface area contributed by atoms with Gasteiger partial charge in [-0.15, -0.1) is 0 Å². The van der Waals surface area contributed by atoms with Crippen molar-refractivity contribution in [3.8, 4) is 0 Å². The zero-order valence-electron chi connectivity index (χ0n) is 10.6. The highest BCUT2D eigenvalue weighted by molar-refractivity contribution is 9.10. The lowest BCUT2D eigenvalue weighted by Gasteiger charge is -2.11. The summed E-state index contributed by atoms with van der Waals surface area (Å²) < 4.78 is 0.835. The first kappa shape index (κ1) is 13.5. The third-order valence-corrected chi connectivity index (χ3v) is 3.20. The standard InChI is InChI=1S/C13H13BrN4O/c1-7-3-8(2)12(9(14)4-7)18-13(19)10-5-17-11(15)6-16-10/h3-6H,1-2H3,(H2,15,17)(H,18,19). The van der Waals surface area contributed by atoms with Crippen LogP contribution in [0.4, 0.5) is 11.5 Å². The number of nitrogens with two attached hydrogens (primary N) is 1. The molecule has 0 aliphatic rings. The maximum Gasteiger partial charge on any atom is 0.275 e. The molecule has 2 aromatic rings. The molecule has 5 nitrogen and oxygen atoms in total. The lowest BCUT2D eigenvalue weighted by molar-refractivity contribution is 0.102. The zero-order chi connectivity index (χ0) is 14.0. The molecule has 0 unspecified atom stereocenters. The largest absolute Gasteiger partial charge is 0.382 e. The summed E-state index contributed by atoms with van der Waals surface area (Å²) in [6.07, 6.45) is 2.70. The van der Waals surface area contributed by atoms with E-state index >= 15 is 0 Å². The minimum absolute atomic E-state index is 0.223. The third-order valence-electron chi connectivity index (χ3n) is 2.57. The van der Waals surface area contributed by atoms with Gasteiger partial charge in [-0.05, 0) is 47.0 Å². The second-order valence-corrected chi connectivity index (χ2v) is 5.07. The van der Waals surface area contributed by atoms with Crippen LogP contribution in [0.25, 0.3) is 0 Å². The summed E-state index contributed by atoms with van der Waals surface area (Å²) in [5.41, 5.74) is 8.48. The quantitative estimate of drug-likeness (QED) is 0.891. The fourth-order valence-corrected chi connectivity index (χ4v) is 2.48. The molecule has 6 heteroatoms. The van der Waals surface area contributed by atoms with Gasteiger partial charge in [-0.3, -0.25) is 4.79 Å². The van der Waals surface area contributed by atoms with Crippen molar-refractivity contribution in [2.24, 2.45) is 0 Å². The lowest BCUT2D eigenvalue weighted by Crippen LogP contribution is -2.15. The molecule has 1 aromatic carbocycles. The average Bonchev–Trinajstić information content (AvgIpc) is 2.34. The van der Waals surface area contributed by atoms with Gasteiger partial charge in [-0.1, -0.05) is 6.07 Å². The highest BCUT2D eigenvalue weighted by Gasteiger charge is 2.12. The number of nitrogen functional groups attached to an aromatic ring is 1. The van der Waals surface area contributed by atoms with E-state index < -0.39 is 0 Å². The molecule has 3 N–H and O–H groups in total. The normalized spacial score (nSPS) is 10.3. The van der Waals surface area contributed by atoms with Crippen LogP contribution in [-0.2, 0) is 0 Å². The van der Waals surface area contributed by atoms with Crippen molar-refractivity contribution < 1.29 is 4.79 Å². The van der Waals surface area contributed by atoms with Crippen molar-refractivity contribution >= 4 is 33.3 Å². The van der Waals surface area contributed by atoms with Crippen molar-refractivity contribution in [3.63, 3.8) is 0 Å². The first-order chi connectivity index (χ1) is 8.97. The van der Waals surface area contributed by atoms with Gasteiger partial charge >= 0.3 is 0 Å². The maximum absolute atomic E-state index is 12.0. The van der Waals surface area contributed by atoms with E-state index in [1.807, 2.05) is 26.0 Å². The first-order valence-corrected chi connectivity index (χ1v) is 6.42. The number of benzene rings is 1. The van der Waals surface area contributed by atoms with Gasteiger partial charge in [-0.2, -0.15) is 0 Å². The van der Waals surface area contributed by atoms with Crippen LogP contribution in [0.1, 0.15) is 21.6 Å². The molecule has 0 saturated heterocycles. The smallest absolute Gasteiger partial charge is 0.275 e. The van der Waals surface area contributed by atoms with Gasteiger partial charge in [0.1, 0.15) is 11.5 Å². The number of anilines is 2. The number of amides is 1. The highest BCUT2D eigenvalue weighted by atomic mass is 79.9. The Morgan fingerprint density at radius 2 is 2.00 bits per heavy atom. The monoisotopic (exact) mass is 320 g/mol. The minimum Gasteiger partial charge on any atom is -0.382 e. The molecule has 2 rings (SSSR count). The Kier molecular flexibility index (Phi) is 3.80. The molecule has 19 heavy (non-hydrogen) atoms. The molecule has 0 radical (unpaired) electrons. The van der Waals surface area contributed by atoms with Crippen LogP contribution in [0.5, 0.6) is 0 Å². The molecule has 0 aliphatic carbocycles. The predicted molar refractivity (Wildman–Crippen MR) is 78.0 cm³/mol. The fourth-order valence-electron chi connectivity index (χ4n) is 1.71.